The van der Waals surface area contributed by atoms with Gasteiger partial charge in [-0.15, -0.1) is 0 Å². The molecule has 1 fully saturated rings. The van der Waals surface area contributed by atoms with E-state index in [4.69, 9.17) is 4.74 Å². The first-order valence-corrected chi connectivity index (χ1v) is 6.58. The Morgan fingerprint density at radius 3 is 2.79 bits per heavy atom. The molecule has 0 heterocycles. The highest BCUT2D eigenvalue weighted by Crippen LogP contribution is 2.26. The van der Waals surface area contributed by atoms with Crippen LogP contribution in [-0.2, 0) is 0 Å². The van der Waals surface area contributed by atoms with Crippen molar-refractivity contribution in [2.75, 3.05) is 25.0 Å². The van der Waals surface area contributed by atoms with Crippen molar-refractivity contribution in [2.45, 2.75) is 25.8 Å². The predicted octanol–water partition coefficient (Wildman–Crippen LogP) is 2.16. The summed E-state index contributed by atoms with van der Waals surface area (Å²) in [7, 11) is 0. The quantitative estimate of drug-likeness (QED) is 0.428. The van der Waals surface area contributed by atoms with Crippen LogP contribution in [0.5, 0.6) is 5.75 Å². The smallest absolute Gasteiger partial charge is 0.275 e. The fourth-order valence-corrected chi connectivity index (χ4v) is 1.81. The molecule has 0 aromatic heterocycles. The van der Waals surface area contributed by atoms with Crippen LogP contribution in [0.15, 0.2) is 18.2 Å². The Labute approximate surface area is 112 Å². The second-order valence-electron chi connectivity index (χ2n) is 4.56. The van der Waals surface area contributed by atoms with Crippen molar-refractivity contribution in [2.24, 2.45) is 0 Å². The Morgan fingerprint density at radius 1 is 1.37 bits per heavy atom. The Kier molecular flexibility index (Phi) is 4.57. The van der Waals surface area contributed by atoms with Crippen molar-refractivity contribution in [3.8, 4) is 5.75 Å². The third kappa shape index (κ3) is 4.40. The Morgan fingerprint density at radius 2 is 2.16 bits per heavy atom. The van der Waals surface area contributed by atoms with Gasteiger partial charge in [0.2, 0.25) is 0 Å². The van der Waals surface area contributed by atoms with E-state index in [1.54, 1.807) is 6.07 Å². The maximum atomic E-state index is 10.8. The van der Waals surface area contributed by atoms with Gasteiger partial charge in [-0.2, -0.15) is 0 Å². The summed E-state index contributed by atoms with van der Waals surface area (Å²) in [6.07, 6.45) is 2.51. The Hall–Kier alpha value is -1.82. The molecule has 0 bridgehead atoms. The molecule has 6 heteroatoms. The van der Waals surface area contributed by atoms with E-state index in [1.807, 2.05) is 6.92 Å². The van der Waals surface area contributed by atoms with E-state index < -0.39 is 4.92 Å². The van der Waals surface area contributed by atoms with Gasteiger partial charge in [-0.3, -0.25) is 10.1 Å². The third-order valence-corrected chi connectivity index (χ3v) is 2.88. The molecule has 1 saturated carbocycles. The SMILES string of the molecule is CCOc1cc(NCCNC2CC2)cc([N+](=O)[O-])c1. The summed E-state index contributed by atoms with van der Waals surface area (Å²) in [5.74, 6) is 0.523. The van der Waals surface area contributed by atoms with Crippen LogP contribution in [0.25, 0.3) is 0 Å². The van der Waals surface area contributed by atoms with Gasteiger partial charge in [0.05, 0.1) is 17.6 Å². The zero-order valence-electron chi connectivity index (χ0n) is 11.0. The summed E-state index contributed by atoms with van der Waals surface area (Å²) < 4.78 is 5.33. The molecule has 0 saturated heterocycles. The van der Waals surface area contributed by atoms with Crippen LogP contribution in [0.4, 0.5) is 11.4 Å². The van der Waals surface area contributed by atoms with E-state index in [0.717, 1.165) is 18.8 Å². The number of benzene rings is 1. The van der Waals surface area contributed by atoms with Crippen molar-refractivity contribution in [3.05, 3.63) is 28.3 Å². The van der Waals surface area contributed by atoms with E-state index in [9.17, 15) is 10.1 Å². The van der Waals surface area contributed by atoms with Crippen LogP contribution in [-0.4, -0.2) is 30.7 Å². The van der Waals surface area contributed by atoms with Gasteiger partial charge in [0.15, 0.2) is 0 Å². The number of nitrogens with one attached hydrogen (secondary N) is 2. The number of ether oxygens (including phenoxy) is 1. The molecule has 6 nitrogen and oxygen atoms in total. The first-order valence-electron chi connectivity index (χ1n) is 6.58. The maximum absolute atomic E-state index is 10.8. The number of anilines is 1. The topological polar surface area (TPSA) is 76.4 Å². The van der Waals surface area contributed by atoms with Crippen molar-refractivity contribution in [1.29, 1.82) is 0 Å². The van der Waals surface area contributed by atoms with Gasteiger partial charge in [-0.25, -0.2) is 0 Å². The molecule has 104 valence electrons. The zero-order chi connectivity index (χ0) is 13.7. The molecule has 1 aliphatic rings. The molecule has 0 unspecified atom stereocenters. The third-order valence-electron chi connectivity index (χ3n) is 2.88. The van der Waals surface area contributed by atoms with Crippen molar-refractivity contribution < 1.29 is 9.66 Å². The lowest BCUT2D eigenvalue weighted by Gasteiger charge is -2.09. The second-order valence-corrected chi connectivity index (χ2v) is 4.56. The van der Waals surface area contributed by atoms with Crippen LogP contribution < -0.4 is 15.4 Å². The van der Waals surface area contributed by atoms with Crippen molar-refractivity contribution in [3.63, 3.8) is 0 Å². The molecule has 0 amide bonds. The predicted molar refractivity (Wildman–Crippen MR) is 73.8 cm³/mol. The van der Waals surface area contributed by atoms with Gasteiger partial charge in [-0.05, 0) is 19.8 Å². The van der Waals surface area contributed by atoms with Gasteiger partial charge in [0.1, 0.15) is 5.75 Å². The number of nitrogens with zero attached hydrogens (tertiary/aromatic N) is 1. The second kappa shape index (κ2) is 6.38. The first-order chi connectivity index (χ1) is 9.19. The highest BCUT2D eigenvalue weighted by atomic mass is 16.6. The largest absolute Gasteiger partial charge is 0.494 e. The van der Waals surface area contributed by atoms with Crippen LogP contribution in [0.1, 0.15) is 19.8 Å². The van der Waals surface area contributed by atoms with E-state index in [2.05, 4.69) is 10.6 Å². The minimum atomic E-state index is -0.407. The number of non-ortho nitro benzene ring substituents is 1. The number of nitro benzene ring substituents is 1. The molecule has 19 heavy (non-hydrogen) atoms. The molecule has 0 aliphatic heterocycles. The molecule has 0 spiro atoms. The van der Waals surface area contributed by atoms with Gasteiger partial charge >= 0.3 is 0 Å². The number of rotatable bonds is 8. The van der Waals surface area contributed by atoms with Crippen LogP contribution >= 0.6 is 0 Å². The average Bonchev–Trinajstić information content (AvgIpc) is 3.19. The van der Waals surface area contributed by atoms with Gasteiger partial charge in [-0.1, -0.05) is 0 Å². The summed E-state index contributed by atoms with van der Waals surface area (Å²) in [5.41, 5.74) is 0.763. The first kappa shape index (κ1) is 13.6. The highest BCUT2D eigenvalue weighted by molar-refractivity contribution is 5.56. The Balaban J connectivity index is 1.94. The van der Waals surface area contributed by atoms with E-state index in [-0.39, 0.29) is 5.69 Å². The molecule has 0 radical (unpaired) electrons. The number of hydrogen-bond donors (Lipinski definition) is 2. The van der Waals surface area contributed by atoms with Gasteiger partial charge < -0.3 is 15.4 Å². The molecule has 1 aliphatic carbocycles. The average molecular weight is 265 g/mol. The Bertz CT molecular complexity index is 447. The van der Waals surface area contributed by atoms with E-state index >= 15 is 0 Å². The number of hydrogen-bond acceptors (Lipinski definition) is 5. The van der Waals surface area contributed by atoms with Gasteiger partial charge in [0, 0.05) is 37.0 Å². The van der Waals surface area contributed by atoms with Crippen molar-refractivity contribution >= 4 is 11.4 Å². The van der Waals surface area contributed by atoms with Crippen LogP contribution in [0.3, 0.4) is 0 Å². The van der Waals surface area contributed by atoms with E-state index in [0.29, 0.717) is 18.4 Å². The normalized spacial score (nSPS) is 14.2. The summed E-state index contributed by atoms with van der Waals surface area (Å²) in [6, 6.07) is 5.43. The standard InChI is InChI=1S/C13H19N3O3/c1-2-19-13-8-11(7-12(9-13)16(17)18)15-6-5-14-10-3-4-10/h7-10,14-15H,2-6H2,1H3. The molecule has 2 N–H and O–H groups in total. The highest BCUT2D eigenvalue weighted by Gasteiger charge is 2.19. The maximum Gasteiger partial charge on any atom is 0.275 e. The molecule has 2 rings (SSSR count). The van der Waals surface area contributed by atoms with Crippen molar-refractivity contribution in [1.82, 2.24) is 5.32 Å². The van der Waals surface area contributed by atoms with Gasteiger partial charge in [0.25, 0.3) is 5.69 Å². The summed E-state index contributed by atoms with van der Waals surface area (Å²) in [5, 5.41) is 17.4. The zero-order valence-corrected chi connectivity index (χ0v) is 11.0. The van der Waals surface area contributed by atoms with Crippen LogP contribution in [0, 0.1) is 10.1 Å². The summed E-state index contributed by atoms with van der Waals surface area (Å²) in [4.78, 5) is 10.4. The molecular formula is C13H19N3O3. The monoisotopic (exact) mass is 265 g/mol. The lowest BCUT2D eigenvalue weighted by atomic mass is 10.2. The molecule has 1 aromatic rings. The number of nitro groups is 1. The fourth-order valence-electron chi connectivity index (χ4n) is 1.81. The minimum absolute atomic E-state index is 0.0450. The molecular weight excluding hydrogens is 246 g/mol. The lowest BCUT2D eigenvalue weighted by molar-refractivity contribution is -0.384. The van der Waals surface area contributed by atoms with Crippen LogP contribution in [0.2, 0.25) is 0 Å². The fraction of sp³-hybridized carbons (Fsp3) is 0.538. The van der Waals surface area contributed by atoms with E-state index in [1.165, 1.54) is 25.0 Å². The summed E-state index contributed by atoms with van der Waals surface area (Å²) >= 11 is 0. The molecule has 0 atom stereocenters. The summed E-state index contributed by atoms with van der Waals surface area (Å²) in [6.45, 7) is 3.94. The minimum Gasteiger partial charge on any atom is -0.494 e. The lowest BCUT2D eigenvalue weighted by Crippen LogP contribution is -2.23. The molecule has 1 aromatic carbocycles.